The molecule has 1 atom stereocenters. The van der Waals surface area contributed by atoms with Crippen molar-refractivity contribution in [1.29, 1.82) is 0 Å². The minimum Gasteiger partial charge on any atom is -0.342 e. The molecule has 0 unspecified atom stereocenters. The third-order valence-electron chi connectivity index (χ3n) is 5.40. The van der Waals surface area contributed by atoms with E-state index in [2.05, 4.69) is 4.98 Å². The number of nitrogens with zero attached hydrogens (tertiary/aromatic N) is 3. The molecule has 5 heteroatoms. The second kappa shape index (κ2) is 8.95. The average Bonchev–Trinajstić information content (AvgIpc) is 2.76. The lowest BCUT2D eigenvalue weighted by atomic mass is 9.93. The Kier molecular flexibility index (Phi) is 5.94. The number of hydrogen-bond donors (Lipinski definition) is 0. The van der Waals surface area contributed by atoms with Crippen molar-refractivity contribution in [2.75, 3.05) is 13.1 Å². The van der Waals surface area contributed by atoms with Gasteiger partial charge in [0, 0.05) is 49.2 Å². The summed E-state index contributed by atoms with van der Waals surface area (Å²) < 4.78 is 13.1. The van der Waals surface area contributed by atoms with E-state index in [1.54, 1.807) is 24.5 Å². The number of carbonyl (C=O) groups excluding carboxylic acids is 1. The zero-order chi connectivity index (χ0) is 20.1. The highest BCUT2D eigenvalue weighted by atomic mass is 19.1. The molecular formula is C24H24FN3O. The first-order valence-corrected chi connectivity index (χ1v) is 10.0. The van der Waals surface area contributed by atoms with E-state index < -0.39 is 0 Å². The predicted molar refractivity (Wildman–Crippen MR) is 110 cm³/mol. The van der Waals surface area contributed by atoms with Crippen molar-refractivity contribution < 1.29 is 9.18 Å². The maximum absolute atomic E-state index is 13.1. The molecule has 2 aromatic heterocycles. The first kappa shape index (κ1) is 19.2. The summed E-state index contributed by atoms with van der Waals surface area (Å²) in [5.41, 5.74) is 3.98. The minimum absolute atomic E-state index is 0.144. The first-order valence-electron chi connectivity index (χ1n) is 10.0. The third-order valence-corrected chi connectivity index (χ3v) is 5.40. The van der Waals surface area contributed by atoms with Gasteiger partial charge >= 0.3 is 0 Å². The molecule has 0 bridgehead atoms. The molecule has 0 saturated carbocycles. The normalized spacial score (nSPS) is 16.6. The summed E-state index contributed by atoms with van der Waals surface area (Å²) in [4.78, 5) is 23.6. The van der Waals surface area contributed by atoms with Gasteiger partial charge in [-0.25, -0.2) is 4.39 Å². The third kappa shape index (κ3) is 5.05. The van der Waals surface area contributed by atoms with Crippen LogP contribution in [0.15, 0.2) is 67.0 Å². The van der Waals surface area contributed by atoms with E-state index in [9.17, 15) is 9.18 Å². The molecule has 1 aliphatic rings. The molecule has 0 N–H and O–H groups in total. The van der Waals surface area contributed by atoms with Crippen molar-refractivity contribution >= 4 is 5.91 Å². The Labute approximate surface area is 170 Å². The van der Waals surface area contributed by atoms with Gasteiger partial charge in [0.2, 0.25) is 5.91 Å². The Morgan fingerprint density at radius 1 is 1.07 bits per heavy atom. The number of benzene rings is 1. The maximum atomic E-state index is 13.1. The van der Waals surface area contributed by atoms with Crippen LogP contribution >= 0.6 is 0 Å². The van der Waals surface area contributed by atoms with Gasteiger partial charge in [0.05, 0.1) is 6.42 Å². The van der Waals surface area contributed by atoms with E-state index >= 15 is 0 Å². The number of carbonyl (C=O) groups is 1. The van der Waals surface area contributed by atoms with Crippen LogP contribution in [0.25, 0.3) is 0 Å². The van der Waals surface area contributed by atoms with E-state index in [-0.39, 0.29) is 17.6 Å². The van der Waals surface area contributed by atoms with Crippen LogP contribution in [-0.2, 0) is 17.6 Å². The molecule has 1 aliphatic heterocycles. The van der Waals surface area contributed by atoms with Crippen molar-refractivity contribution in [3.05, 3.63) is 95.3 Å². The molecule has 3 heterocycles. The number of piperidine rings is 1. The number of hydrogen-bond acceptors (Lipinski definition) is 3. The van der Waals surface area contributed by atoms with Gasteiger partial charge in [-0.3, -0.25) is 14.8 Å². The molecule has 0 spiro atoms. The van der Waals surface area contributed by atoms with E-state index in [0.29, 0.717) is 19.4 Å². The quantitative estimate of drug-likeness (QED) is 0.658. The van der Waals surface area contributed by atoms with E-state index in [4.69, 9.17) is 4.98 Å². The van der Waals surface area contributed by atoms with Crippen molar-refractivity contribution in [2.45, 2.75) is 31.6 Å². The van der Waals surface area contributed by atoms with Crippen molar-refractivity contribution in [3.63, 3.8) is 0 Å². The SMILES string of the molecule is O=C(Cc1cccnc1)N1CCC[C@H](c2cccc(Cc3ccc(F)cc3)n2)C1. The molecule has 1 saturated heterocycles. The molecule has 29 heavy (non-hydrogen) atoms. The number of amides is 1. The lowest BCUT2D eigenvalue weighted by Crippen LogP contribution is -2.40. The summed E-state index contributed by atoms with van der Waals surface area (Å²) in [5.74, 6) is 0.161. The van der Waals surface area contributed by atoms with Gasteiger partial charge < -0.3 is 4.90 Å². The summed E-state index contributed by atoms with van der Waals surface area (Å²) in [7, 11) is 0. The summed E-state index contributed by atoms with van der Waals surface area (Å²) in [6.45, 7) is 1.50. The molecule has 148 valence electrons. The fourth-order valence-electron chi connectivity index (χ4n) is 3.87. The lowest BCUT2D eigenvalue weighted by Gasteiger charge is -2.32. The molecule has 0 aliphatic carbocycles. The van der Waals surface area contributed by atoms with Crippen LogP contribution in [-0.4, -0.2) is 33.9 Å². The van der Waals surface area contributed by atoms with Crippen molar-refractivity contribution in [3.8, 4) is 0 Å². The highest BCUT2D eigenvalue weighted by Crippen LogP contribution is 2.26. The number of likely N-dealkylation sites (tertiary alicyclic amines) is 1. The van der Waals surface area contributed by atoms with Gasteiger partial charge in [0.25, 0.3) is 0 Å². The van der Waals surface area contributed by atoms with Gasteiger partial charge in [-0.2, -0.15) is 0 Å². The highest BCUT2D eigenvalue weighted by molar-refractivity contribution is 5.78. The first-order chi connectivity index (χ1) is 14.2. The fourth-order valence-corrected chi connectivity index (χ4v) is 3.87. The van der Waals surface area contributed by atoms with Crippen LogP contribution in [0.5, 0.6) is 0 Å². The van der Waals surface area contributed by atoms with Gasteiger partial charge in [0.15, 0.2) is 0 Å². The van der Waals surface area contributed by atoms with Crippen LogP contribution < -0.4 is 0 Å². The maximum Gasteiger partial charge on any atom is 0.227 e. The molecule has 1 aromatic carbocycles. The molecule has 4 nitrogen and oxygen atoms in total. The van der Waals surface area contributed by atoms with E-state index in [1.807, 2.05) is 35.2 Å². The van der Waals surface area contributed by atoms with Crippen LogP contribution in [0.4, 0.5) is 4.39 Å². The van der Waals surface area contributed by atoms with Crippen LogP contribution in [0.2, 0.25) is 0 Å². The average molecular weight is 389 g/mol. The highest BCUT2D eigenvalue weighted by Gasteiger charge is 2.25. The van der Waals surface area contributed by atoms with Crippen molar-refractivity contribution in [1.82, 2.24) is 14.9 Å². The topological polar surface area (TPSA) is 46.1 Å². The smallest absolute Gasteiger partial charge is 0.227 e. The van der Waals surface area contributed by atoms with Gasteiger partial charge in [-0.1, -0.05) is 24.3 Å². The number of aromatic nitrogens is 2. The summed E-state index contributed by atoms with van der Waals surface area (Å²) in [6.07, 6.45) is 6.54. The fraction of sp³-hybridized carbons (Fsp3) is 0.292. The molecule has 4 rings (SSSR count). The predicted octanol–water partition coefficient (Wildman–Crippen LogP) is 4.16. The second-order valence-electron chi connectivity index (χ2n) is 7.57. The van der Waals surface area contributed by atoms with E-state index in [0.717, 1.165) is 41.9 Å². The molecule has 1 amide bonds. The lowest BCUT2D eigenvalue weighted by molar-refractivity contribution is -0.131. The summed E-state index contributed by atoms with van der Waals surface area (Å²) in [5, 5.41) is 0. The molecular weight excluding hydrogens is 365 g/mol. The van der Waals surface area contributed by atoms with E-state index in [1.165, 1.54) is 12.1 Å². The number of pyridine rings is 2. The Morgan fingerprint density at radius 2 is 1.93 bits per heavy atom. The molecule has 0 radical (unpaired) electrons. The monoisotopic (exact) mass is 389 g/mol. The Balaban J connectivity index is 1.42. The number of rotatable bonds is 5. The summed E-state index contributed by atoms with van der Waals surface area (Å²) in [6, 6.07) is 16.4. The Morgan fingerprint density at radius 3 is 2.72 bits per heavy atom. The van der Waals surface area contributed by atoms with Crippen LogP contribution in [0.1, 0.15) is 41.3 Å². The van der Waals surface area contributed by atoms with Gasteiger partial charge in [0.1, 0.15) is 5.82 Å². The Hall–Kier alpha value is -3.08. The molecule has 3 aromatic rings. The Bertz CT molecular complexity index is 959. The standard InChI is InChI=1S/C24H24FN3O/c25-21-10-8-18(9-11-21)14-22-6-1-7-23(27-22)20-5-3-13-28(17-20)24(29)15-19-4-2-12-26-16-19/h1-2,4,6-12,16,20H,3,5,13-15,17H2/t20-/m0/s1. The zero-order valence-corrected chi connectivity index (χ0v) is 16.3. The van der Waals surface area contributed by atoms with Gasteiger partial charge in [-0.15, -0.1) is 0 Å². The second-order valence-corrected chi connectivity index (χ2v) is 7.57. The summed E-state index contributed by atoms with van der Waals surface area (Å²) >= 11 is 0. The van der Waals surface area contributed by atoms with Crippen LogP contribution in [0.3, 0.4) is 0 Å². The van der Waals surface area contributed by atoms with Crippen LogP contribution in [0, 0.1) is 5.82 Å². The van der Waals surface area contributed by atoms with Crippen molar-refractivity contribution in [2.24, 2.45) is 0 Å². The zero-order valence-electron chi connectivity index (χ0n) is 16.3. The van der Waals surface area contributed by atoms with Gasteiger partial charge in [-0.05, 0) is 54.3 Å². The number of halogens is 1. The molecule has 1 fully saturated rings. The minimum atomic E-state index is -0.228. The largest absolute Gasteiger partial charge is 0.342 e.